The van der Waals surface area contributed by atoms with Gasteiger partial charge in [0.15, 0.2) is 0 Å². The molecule has 4 aliphatic rings. The Bertz CT molecular complexity index is 930. The Labute approximate surface area is 201 Å². The van der Waals surface area contributed by atoms with Crippen LogP contribution >= 0.6 is 22.6 Å². The van der Waals surface area contributed by atoms with Gasteiger partial charge in [0, 0.05) is 40.2 Å². The van der Waals surface area contributed by atoms with E-state index >= 15 is 0 Å². The van der Waals surface area contributed by atoms with Crippen LogP contribution in [0.5, 0.6) is 0 Å². The molecule has 5 rings (SSSR count). The van der Waals surface area contributed by atoms with Crippen molar-refractivity contribution in [2.45, 2.75) is 79.7 Å². The molecule has 1 aromatic rings. The van der Waals surface area contributed by atoms with E-state index in [-0.39, 0.29) is 36.0 Å². The van der Waals surface area contributed by atoms with E-state index in [0.717, 1.165) is 17.8 Å². The summed E-state index contributed by atoms with van der Waals surface area (Å²) in [6.07, 6.45) is 8.22. The van der Waals surface area contributed by atoms with E-state index in [1.54, 1.807) is 4.90 Å². The second-order valence-electron chi connectivity index (χ2n) is 9.44. The van der Waals surface area contributed by atoms with E-state index in [9.17, 15) is 14.4 Å². The van der Waals surface area contributed by atoms with Gasteiger partial charge in [-0.2, -0.15) is 0 Å². The summed E-state index contributed by atoms with van der Waals surface area (Å²) in [6.45, 7) is 1.35. The number of fused-ring (bicyclic) bond motifs is 1. The summed E-state index contributed by atoms with van der Waals surface area (Å²) in [5, 5.41) is 13.3. The van der Waals surface area contributed by atoms with E-state index in [4.69, 9.17) is 0 Å². The summed E-state index contributed by atoms with van der Waals surface area (Å²) >= 11 is 2.59. The molecule has 3 atom stereocenters. The van der Waals surface area contributed by atoms with Crippen molar-refractivity contribution in [1.82, 2.24) is 20.9 Å². The normalized spacial score (nSPS) is 30.1. The Kier molecular flexibility index (Phi) is 6.15. The fraction of sp³-hybridized carbons (Fsp3) is 0.609. The number of nitrogens with zero attached hydrogens (tertiary/aromatic N) is 1. The molecule has 8 nitrogen and oxygen atoms in total. The summed E-state index contributed by atoms with van der Waals surface area (Å²) in [6, 6.07) is 5.21. The monoisotopic (exact) mass is 551 g/mol. The second kappa shape index (κ2) is 8.90. The van der Waals surface area contributed by atoms with Gasteiger partial charge in [-0.25, -0.2) is 0 Å². The first-order chi connectivity index (χ1) is 15.4. The number of halogens is 1. The molecule has 0 radical (unpaired) electrons. The van der Waals surface area contributed by atoms with Crippen molar-refractivity contribution < 1.29 is 14.4 Å². The molecule has 3 unspecified atom stereocenters. The maximum Gasteiger partial charge on any atom is 0.255 e. The number of alkyl halides is 1. The predicted octanol–water partition coefficient (Wildman–Crippen LogP) is 2.23. The number of hydrogen-bond donors (Lipinski definition) is 4. The van der Waals surface area contributed by atoms with Crippen molar-refractivity contribution in [1.29, 1.82) is 0 Å². The van der Waals surface area contributed by atoms with Gasteiger partial charge in [0.1, 0.15) is 12.3 Å². The smallest absolute Gasteiger partial charge is 0.255 e. The highest BCUT2D eigenvalue weighted by Gasteiger charge is 2.42. The Morgan fingerprint density at radius 3 is 2.62 bits per heavy atom. The molecule has 2 saturated heterocycles. The first-order valence-corrected chi connectivity index (χ1v) is 12.9. The van der Waals surface area contributed by atoms with Crippen LogP contribution in [-0.2, 0) is 16.1 Å². The molecular formula is C23H30IN5O3. The maximum atomic E-state index is 12.9. The van der Waals surface area contributed by atoms with Crippen molar-refractivity contribution in [2.75, 3.05) is 11.9 Å². The van der Waals surface area contributed by atoms with Gasteiger partial charge in [-0.05, 0) is 43.0 Å². The molecule has 0 bridgehead atoms. The van der Waals surface area contributed by atoms with Crippen LogP contribution in [0.3, 0.4) is 0 Å². The van der Waals surface area contributed by atoms with Crippen LogP contribution in [0.2, 0.25) is 0 Å². The van der Waals surface area contributed by atoms with Crippen molar-refractivity contribution in [3.63, 3.8) is 0 Å². The average molecular weight is 551 g/mol. The highest BCUT2D eigenvalue weighted by atomic mass is 127. The number of hydrogen-bond acceptors (Lipinski definition) is 6. The van der Waals surface area contributed by atoms with Gasteiger partial charge in [-0.3, -0.25) is 30.3 Å². The highest BCUT2D eigenvalue weighted by molar-refractivity contribution is 14.1. The van der Waals surface area contributed by atoms with Crippen LogP contribution in [0.1, 0.15) is 67.3 Å². The van der Waals surface area contributed by atoms with E-state index in [1.807, 2.05) is 18.2 Å². The van der Waals surface area contributed by atoms with Gasteiger partial charge < -0.3 is 10.2 Å². The lowest BCUT2D eigenvalue weighted by Crippen LogP contribution is -2.69. The molecular weight excluding hydrogens is 521 g/mol. The van der Waals surface area contributed by atoms with E-state index in [0.29, 0.717) is 22.5 Å². The van der Waals surface area contributed by atoms with E-state index in [1.165, 1.54) is 38.5 Å². The standard InChI is InChI=1S/C23H30IN5O3/c24-18-12-25-22(28-23(18)9-3-1-2-4-10-23)26-15-5-6-16-14(11-15)13-29(21(16)32)17-7-8-19(30)27-20(17)31/h5-6,11,17-18,22,25-26,28H,1-4,7-10,12-13H2,(H,27,30,31). The average Bonchev–Trinajstić information content (AvgIpc) is 2.93. The number of benzene rings is 1. The molecule has 9 heteroatoms. The molecule has 0 aromatic heterocycles. The van der Waals surface area contributed by atoms with Gasteiger partial charge in [0.2, 0.25) is 11.8 Å². The first kappa shape index (κ1) is 22.1. The minimum atomic E-state index is -0.582. The quantitative estimate of drug-likeness (QED) is 0.261. The Hall–Kier alpha value is -1.72. The predicted molar refractivity (Wildman–Crippen MR) is 129 cm³/mol. The number of carbonyl (C=O) groups is 3. The molecule has 1 aliphatic carbocycles. The molecule has 1 spiro atoms. The van der Waals surface area contributed by atoms with Crippen LogP contribution in [0, 0.1) is 0 Å². The molecule has 3 fully saturated rings. The fourth-order valence-corrected chi connectivity index (χ4v) is 6.64. The van der Waals surface area contributed by atoms with Gasteiger partial charge in [-0.15, -0.1) is 0 Å². The van der Waals surface area contributed by atoms with Gasteiger partial charge in [0.05, 0.1) is 0 Å². The molecule has 4 N–H and O–H groups in total. The third-order valence-electron chi connectivity index (χ3n) is 7.36. The topological polar surface area (TPSA) is 103 Å². The Morgan fingerprint density at radius 1 is 1.09 bits per heavy atom. The summed E-state index contributed by atoms with van der Waals surface area (Å²) < 4.78 is 0.552. The largest absolute Gasteiger partial charge is 0.358 e. The lowest BCUT2D eigenvalue weighted by molar-refractivity contribution is -0.136. The van der Waals surface area contributed by atoms with Crippen LogP contribution in [0.25, 0.3) is 0 Å². The van der Waals surface area contributed by atoms with Gasteiger partial charge >= 0.3 is 0 Å². The summed E-state index contributed by atoms with van der Waals surface area (Å²) in [5.74, 6) is -0.784. The van der Waals surface area contributed by atoms with Crippen molar-refractivity contribution in [2.24, 2.45) is 0 Å². The fourth-order valence-electron chi connectivity index (χ4n) is 5.58. The number of piperidine rings is 1. The van der Waals surface area contributed by atoms with E-state index in [2.05, 4.69) is 43.9 Å². The molecule has 3 amide bonds. The lowest BCUT2D eigenvalue weighted by Gasteiger charge is -2.46. The Balaban J connectivity index is 1.28. The zero-order valence-corrected chi connectivity index (χ0v) is 20.2. The summed E-state index contributed by atoms with van der Waals surface area (Å²) in [5.41, 5.74) is 2.66. The number of amides is 3. The Morgan fingerprint density at radius 2 is 1.88 bits per heavy atom. The van der Waals surface area contributed by atoms with Gasteiger partial charge in [0.25, 0.3) is 5.91 Å². The molecule has 1 saturated carbocycles. The van der Waals surface area contributed by atoms with Crippen LogP contribution in [0.4, 0.5) is 5.69 Å². The number of carbonyl (C=O) groups excluding carboxylic acids is 3. The second-order valence-corrected chi connectivity index (χ2v) is 10.9. The number of anilines is 1. The van der Waals surface area contributed by atoms with Crippen molar-refractivity contribution >= 4 is 46.0 Å². The molecule has 3 aliphatic heterocycles. The lowest BCUT2D eigenvalue weighted by atomic mass is 9.85. The first-order valence-electron chi connectivity index (χ1n) is 11.6. The highest BCUT2D eigenvalue weighted by Crippen LogP contribution is 2.36. The number of rotatable bonds is 3. The third kappa shape index (κ3) is 4.14. The maximum absolute atomic E-state index is 12.9. The number of imide groups is 1. The summed E-state index contributed by atoms with van der Waals surface area (Å²) in [7, 11) is 0. The molecule has 3 heterocycles. The van der Waals surface area contributed by atoms with Crippen LogP contribution in [-0.4, -0.2) is 51.0 Å². The van der Waals surface area contributed by atoms with E-state index < -0.39 is 6.04 Å². The molecule has 172 valence electrons. The molecule has 1 aromatic carbocycles. The molecule has 32 heavy (non-hydrogen) atoms. The SMILES string of the molecule is O=C1CCC(N2Cc3cc(NC4NCC(I)C5(CCCCCC5)N4)ccc3C2=O)C(=O)N1. The third-order valence-corrected chi connectivity index (χ3v) is 9.00. The number of nitrogens with one attached hydrogen (secondary N) is 4. The van der Waals surface area contributed by atoms with Crippen molar-refractivity contribution in [3.8, 4) is 0 Å². The van der Waals surface area contributed by atoms with Crippen LogP contribution in [0.15, 0.2) is 18.2 Å². The van der Waals surface area contributed by atoms with Crippen molar-refractivity contribution in [3.05, 3.63) is 29.3 Å². The minimum Gasteiger partial charge on any atom is -0.358 e. The zero-order chi connectivity index (χ0) is 22.3. The van der Waals surface area contributed by atoms with Crippen LogP contribution < -0.4 is 21.3 Å². The summed E-state index contributed by atoms with van der Waals surface area (Å²) in [4.78, 5) is 38.2. The zero-order valence-electron chi connectivity index (χ0n) is 18.1. The minimum absolute atomic E-state index is 0.0273. The van der Waals surface area contributed by atoms with Gasteiger partial charge in [-0.1, -0.05) is 48.3 Å².